The fourth-order valence-corrected chi connectivity index (χ4v) is 2.35. The molecular weight excluding hydrogens is 356 g/mol. The Kier molecular flexibility index (Phi) is 7.44. The van der Waals surface area contributed by atoms with E-state index in [4.69, 9.17) is 16.3 Å². The zero-order valence-corrected chi connectivity index (χ0v) is 13.7. The highest BCUT2D eigenvalue weighted by molar-refractivity contribution is 6.30. The van der Waals surface area contributed by atoms with Crippen LogP contribution in [0.2, 0.25) is 5.02 Å². The van der Waals surface area contributed by atoms with Crippen LogP contribution in [0, 0.1) is 5.92 Å². The molecule has 0 radical (unpaired) electrons. The minimum absolute atomic E-state index is 0. The highest BCUT2D eigenvalue weighted by Gasteiger charge is 2.29. The lowest BCUT2D eigenvalue weighted by Crippen LogP contribution is -2.37. The Balaban J connectivity index is 0.00000264. The average molecular weight is 373 g/mol. The van der Waals surface area contributed by atoms with Gasteiger partial charge in [0.25, 0.3) is 0 Å². The maximum Gasteiger partial charge on any atom is 0.422 e. The van der Waals surface area contributed by atoms with E-state index in [-0.39, 0.29) is 40.7 Å². The average Bonchev–Trinajstić information content (AvgIpc) is 2.47. The van der Waals surface area contributed by atoms with Gasteiger partial charge in [-0.15, -0.1) is 12.4 Å². The van der Waals surface area contributed by atoms with Crippen LogP contribution in [0.5, 0.6) is 5.75 Å². The zero-order chi connectivity index (χ0) is 16.2. The fourth-order valence-electron chi connectivity index (χ4n) is 2.19. The number of amides is 1. The number of anilines is 1. The van der Waals surface area contributed by atoms with Crippen LogP contribution in [0.15, 0.2) is 18.2 Å². The van der Waals surface area contributed by atoms with Gasteiger partial charge in [-0.1, -0.05) is 11.6 Å². The molecule has 23 heavy (non-hydrogen) atoms. The van der Waals surface area contributed by atoms with E-state index < -0.39 is 12.8 Å². The second-order valence-electron chi connectivity index (χ2n) is 5.08. The molecule has 1 aliphatic heterocycles. The van der Waals surface area contributed by atoms with Gasteiger partial charge in [-0.2, -0.15) is 13.2 Å². The molecule has 0 aromatic heterocycles. The number of ether oxygens (including phenoxy) is 1. The third kappa shape index (κ3) is 6.45. The fraction of sp³-hybridized carbons (Fsp3) is 0.500. The van der Waals surface area contributed by atoms with Gasteiger partial charge < -0.3 is 15.4 Å². The van der Waals surface area contributed by atoms with E-state index in [0.717, 1.165) is 19.4 Å². The minimum Gasteiger partial charge on any atom is -0.482 e. The van der Waals surface area contributed by atoms with Crippen molar-refractivity contribution >= 4 is 35.6 Å². The standard InChI is InChI=1S/C14H16ClF3N2O2.ClH/c15-10-3-4-11(12(6-10)22-8-14(16,17)18)20-13(21)9-2-1-5-19-7-9;/h3-4,6,9,19H,1-2,5,7-8H2,(H,20,21);1H. The molecule has 1 aromatic rings. The van der Waals surface area contributed by atoms with Crippen molar-refractivity contribution in [1.29, 1.82) is 0 Å². The van der Waals surface area contributed by atoms with Gasteiger partial charge in [0, 0.05) is 17.6 Å². The summed E-state index contributed by atoms with van der Waals surface area (Å²) in [6, 6.07) is 4.17. The van der Waals surface area contributed by atoms with Crippen LogP contribution in [0.25, 0.3) is 0 Å². The lowest BCUT2D eigenvalue weighted by molar-refractivity contribution is -0.153. The summed E-state index contributed by atoms with van der Waals surface area (Å²) < 4.78 is 41.6. The van der Waals surface area contributed by atoms with Gasteiger partial charge in [0.1, 0.15) is 5.75 Å². The molecular formula is C14H17Cl2F3N2O2. The number of piperidine rings is 1. The Hall–Kier alpha value is -1.18. The summed E-state index contributed by atoms with van der Waals surface area (Å²) in [7, 11) is 0. The number of nitrogens with one attached hydrogen (secondary N) is 2. The number of hydrogen-bond acceptors (Lipinski definition) is 3. The highest BCUT2D eigenvalue weighted by atomic mass is 35.5. The van der Waals surface area contributed by atoms with Crippen LogP contribution in [-0.2, 0) is 4.79 Å². The van der Waals surface area contributed by atoms with E-state index in [1.807, 2.05) is 0 Å². The number of halogens is 5. The first kappa shape index (κ1) is 19.9. The van der Waals surface area contributed by atoms with E-state index in [2.05, 4.69) is 10.6 Å². The summed E-state index contributed by atoms with van der Waals surface area (Å²) in [5.74, 6) is -0.548. The van der Waals surface area contributed by atoms with Crippen molar-refractivity contribution in [3.63, 3.8) is 0 Å². The van der Waals surface area contributed by atoms with Gasteiger partial charge in [-0.3, -0.25) is 4.79 Å². The topological polar surface area (TPSA) is 50.4 Å². The van der Waals surface area contributed by atoms with Gasteiger partial charge in [0.15, 0.2) is 6.61 Å². The lowest BCUT2D eigenvalue weighted by Gasteiger charge is -2.22. The number of rotatable bonds is 4. The van der Waals surface area contributed by atoms with Crippen molar-refractivity contribution < 1.29 is 22.7 Å². The molecule has 1 atom stereocenters. The maximum atomic E-state index is 12.3. The van der Waals surface area contributed by atoms with Crippen LogP contribution in [0.4, 0.5) is 18.9 Å². The van der Waals surface area contributed by atoms with Gasteiger partial charge in [-0.05, 0) is 31.5 Å². The van der Waals surface area contributed by atoms with Gasteiger partial charge in [0.2, 0.25) is 5.91 Å². The normalized spacial score (nSPS) is 18.0. The molecule has 2 N–H and O–H groups in total. The number of carbonyl (C=O) groups is 1. The Morgan fingerprint density at radius 3 is 2.78 bits per heavy atom. The molecule has 9 heteroatoms. The third-order valence-corrected chi connectivity index (χ3v) is 3.50. The zero-order valence-electron chi connectivity index (χ0n) is 12.1. The van der Waals surface area contributed by atoms with Gasteiger partial charge in [-0.25, -0.2) is 0 Å². The third-order valence-electron chi connectivity index (χ3n) is 3.26. The second kappa shape index (κ2) is 8.61. The Morgan fingerprint density at radius 2 is 2.17 bits per heavy atom. The summed E-state index contributed by atoms with van der Waals surface area (Å²) >= 11 is 5.77. The Bertz CT molecular complexity index is 535. The summed E-state index contributed by atoms with van der Waals surface area (Å²) in [4.78, 5) is 12.1. The molecule has 0 saturated carbocycles. The SMILES string of the molecule is Cl.O=C(Nc1ccc(Cl)cc1OCC(F)(F)F)C1CCCNC1. The molecule has 1 aromatic carbocycles. The van der Waals surface area contributed by atoms with Crippen LogP contribution in [0.1, 0.15) is 12.8 Å². The first-order valence-corrected chi connectivity index (χ1v) is 7.23. The predicted molar refractivity (Wildman–Crippen MR) is 84.5 cm³/mol. The largest absolute Gasteiger partial charge is 0.482 e. The van der Waals surface area contributed by atoms with Crippen LogP contribution < -0.4 is 15.4 Å². The molecule has 0 aliphatic carbocycles. The molecule has 2 rings (SSSR count). The molecule has 1 aliphatic rings. The Labute approximate surface area is 143 Å². The van der Waals surface area contributed by atoms with Crippen molar-refractivity contribution in [2.24, 2.45) is 5.92 Å². The van der Waals surface area contributed by atoms with Crippen LogP contribution in [-0.4, -0.2) is 31.8 Å². The predicted octanol–water partition coefficient (Wildman–Crippen LogP) is 3.64. The minimum atomic E-state index is -4.46. The first-order valence-electron chi connectivity index (χ1n) is 6.86. The van der Waals surface area contributed by atoms with Crippen LogP contribution in [0.3, 0.4) is 0 Å². The van der Waals surface area contributed by atoms with Crippen molar-refractivity contribution in [2.45, 2.75) is 19.0 Å². The van der Waals surface area contributed by atoms with E-state index >= 15 is 0 Å². The number of hydrogen-bond donors (Lipinski definition) is 2. The van der Waals surface area contributed by atoms with Crippen LogP contribution >= 0.6 is 24.0 Å². The first-order chi connectivity index (χ1) is 10.3. The molecule has 1 heterocycles. The highest BCUT2D eigenvalue weighted by Crippen LogP contribution is 2.30. The molecule has 130 valence electrons. The van der Waals surface area contributed by atoms with Crippen molar-refractivity contribution in [1.82, 2.24) is 5.32 Å². The van der Waals surface area contributed by atoms with Gasteiger partial charge >= 0.3 is 6.18 Å². The summed E-state index contributed by atoms with van der Waals surface area (Å²) in [6.07, 6.45) is -2.84. The number of benzene rings is 1. The van der Waals surface area contributed by atoms with E-state index in [0.29, 0.717) is 6.54 Å². The smallest absolute Gasteiger partial charge is 0.422 e. The maximum absolute atomic E-state index is 12.3. The molecule has 1 fully saturated rings. The van der Waals surface area contributed by atoms with Crippen molar-refractivity contribution in [2.75, 3.05) is 25.0 Å². The quantitative estimate of drug-likeness (QED) is 0.848. The van der Waals surface area contributed by atoms with Crippen molar-refractivity contribution in [3.8, 4) is 5.75 Å². The summed E-state index contributed by atoms with van der Waals surface area (Å²) in [5.41, 5.74) is 0.184. The molecule has 1 saturated heterocycles. The van der Waals surface area contributed by atoms with Gasteiger partial charge in [0.05, 0.1) is 11.6 Å². The number of carbonyl (C=O) groups excluding carboxylic acids is 1. The Morgan fingerprint density at radius 1 is 1.43 bits per heavy atom. The second-order valence-corrected chi connectivity index (χ2v) is 5.51. The molecule has 0 spiro atoms. The van der Waals surface area contributed by atoms with E-state index in [9.17, 15) is 18.0 Å². The monoisotopic (exact) mass is 372 g/mol. The molecule has 4 nitrogen and oxygen atoms in total. The summed E-state index contributed by atoms with van der Waals surface area (Å²) in [5, 5.41) is 5.95. The molecule has 0 bridgehead atoms. The molecule has 1 unspecified atom stereocenters. The van der Waals surface area contributed by atoms with E-state index in [1.54, 1.807) is 0 Å². The van der Waals surface area contributed by atoms with E-state index in [1.165, 1.54) is 18.2 Å². The lowest BCUT2D eigenvalue weighted by atomic mass is 9.99. The molecule has 1 amide bonds. The number of alkyl halides is 3. The summed E-state index contributed by atoms with van der Waals surface area (Å²) in [6.45, 7) is -0.0238. The van der Waals surface area contributed by atoms with Crippen molar-refractivity contribution in [3.05, 3.63) is 23.2 Å².